The lowest BCUT2D eigenvalue weighted by molar-refractivity contribution is -0.115. The van der Waals surface area contributed by atoms with E-state index in [1.54, 1.807) is 18.6 Å². The van der Waals surface area contributed by atoms with Crippen LogP contribution in [0, 0.1) is 0 Å². The van der Waals surface area contributed by atoms with Gasteiger partial charge >= 0.3 is 0 Å². The summed E-state index contributed by atoms with van der Waals surface area (Å²) in [5.74, 6) is 0.966. The minimum absolute atomic E-state index is 0.148. The molecule has 33 heavy (non-hydrogen) atoms. The van der Waals surface area contributed by atoms with Crippen LogP contribution in [-0.2, 0) is 4.79 Å². The lowest BCUT2D eigenvalue weighted by Gasteiger charge is -2.36. The Labute approximate surface area is 201 Å². The Bertz CT molecular complexity index is 1170. The largest absolute Gasteiger partial charge is 0.368 e. The predicted molar refractivity (Wildman–Crippen MR) is 134 cm³/mol. The van der Waals surface area contributed by atoms with E-state index in [9.17, 15) is 4.79 Å². The molecule has 0 radical (unpaired) electrons. The molecule has 0 saturated carbocycles. The van der Waals surface area contributed by atoms with Gasteiger partial charge in [0.2, 0.25) is 11.9 Å². The second kappa shape index (κ2) is 9.76. The summed E-state index contributed by atoms with van der Waals surface area (Å²) in [6.07, 6.45) is 5.15. The van der Waals surface area contributed by atoms with E-state index in [4.69, 9.17) is 11.6 Å². The number of hydrogen-bond acceptors (Lipinski definition) is 8. The Hall–Kier alpha value is -3.17. The zero-order chi connectivity index (χ0) is 22.6. The molecule has 4 heterocycles. The molecule has 10 heteroatoms. The number of aromatic nitrogens is 3. The fraction of sp³-hybridized carbons (Fsp3) is 0.261. The Kier molecular flexibility index (Phi) is 6.41. The quantitative estimate of drug-likeness (QED) is 0.600. The number of nitrogens with one attached hydrogen (secondary N) is 1. The molecule has 0 spiro atoms. The summed E-state index contributed by atoms with van der Waals surface area (Å²) in [4.78, 5) is 34.7. The number of anilines is 3. The first-order valence-electron chi connectivity index (χ1n) is 10.7. The van der Waals surface area contributed by atoms with Crippen LogP contribution in [0.4, 0.5) is 17.5 Å². The van der Waals surface area contributed by atoms with Crippen LogP contribution in [0.5, 0.6) is 0 Å². The summed E-state index contributed by atoms with van der Waals surface area (Å²) in [5.41, 5.74) is 2.05. The molecule has 1 fully saturated rings. The van der Waals surface area contributed by atoms with E-state index in [0.29, 0.717) is 12.5 Å². The number of benzene rings is 1. The third-order valence-electron chi connectivity index (χ3n) is 5.51. The van der Waals surface area contributed by atoms with Crippen molar-refractivity contribution < 1.29 is 4.79 Å². The van der Waals surface area contributed by atoms with Gasteiger partial charge in [-0.3, -0.25) is 20.1 Å². The molecule has 1 amide bonds. The minimum Gasteiger partial charge on any atom is -0.368 e. The predicted octanol–water partition coefficient (Wildman–Crippen LogP) is 3.35. The zero-order valence-corrected chi connectivity index (χ0v) is 19.3. The van der Waals surface area contributed by atoms with Gasteiger partial charge in [-0.2, -0.15) is 4.98 Å². The molecule has 1 atom stereocenters. The smallest absolute Gasteiger partial charge is 0.242 e. The Balaban J connectivity index is 1.18. The van der Waals surface area contributed by atoms with Gasteiger partial charge < -0.3 is 9.80 Å². The molecule has 168 valence electrons. The van der Waals surface area contributed by atoms with Crippen LogP contribution in [0.2, 0.25) is 5.02 Å². The number of carbonyl (C=O) groups is 1. The van der Waals surface area contributed by atoms with Gasteiger partial charge in [0.15, 0.2) is 0 Å². The SMILES string of the molecule is O=C(Nc1nccc(N2CCN(c3cccc(Cl)c3)CC2)n1)C1CN=C(c2cccnc2)S1. The molecule has 3 aromatic rings. The summed E-state index contributed by atoms with van der Waals surface area (Å²) >= 11 is 7.57. The number of carbonyl (C=O) groups excluding carboxylic acids is 1. The van der Waals surface area contributed by atoms with E-state index in [1.165, 1.54) is 11.8 Å². The van der Waals surface area contributed by atoms with Crippen LogP contribution >= 0.6 is 23.4 Å². The van der Waals surface area contributed by atoms with E-state index in [0.717, 1.165) is 53.3 Å². The van der Waals surface area contributed by atoms with Crippen molar-refractivity contribution in [3.63, 3.8) is 0 Å². The van der Waals surface area contributed by atoms with Gasteiger partial charge in [0, 0.05) is 61.0 Å². The highest BCUT2D eigenvalue weighted by Crippen LogP contribution is 2.27. The number of hydrogen-bond donors (Lipinski definition) is 1. The topological polar surface area (TPSA) is 86.6 Å². The summed E-state index contributed by atoms with van der Waals surface area (Å²) in [6, 6.07) is 13.6. The fourth-order valence-corrected chi connectivity index (χ4v) is 4.98. The maximum atomic E-state index is 12.8. The number of halogens is 1. The maximum absolute atomic E-state index is 12.8. The molecule has 0 aliphatic carbocycles. The number of amides is 1. The number of piperazine rings is 1. The maximum Gasteiger partial charge on any atom is 0.242 e. The first-order valence-corrected chi connectivity index (χ1v) is 11.9. The van der Waals surface area contributed by atoms with Crippen LogP contribution in [0.3, 0.4) is 0 Å². The second-order valence-corrected chi connectivity index (χ2v) is 9.30. The highest BCUT2D eigenvalue weighted by molar-refractivity contribution is 8.15. The standard InChI is InChI=1S/C23H22ClN7OS/c24-17-4-1-5-18(13-17)30-9-11-31(12-10-30)20-6-8-26-23(28-20)29-21(32)19-15-27-22(33-19)16-3-2-7-25-14-16/h1-8,13-14,19H,9-12,15H2,(H,26,28,29,32). The molecule has 1 saturated heterocycles. The first kappa shape index (κ1) is 21.7. The average molecular weight is 480 g/mol. The molecular weight excluding hydrogens is 458 g/mol. The van der Waals surface area contributed by atoms with Gasteiger partial charge in [-0.1, -0.05) is 29.4 Å². The van der Waals surface area contributed by atoms with Gasteiger partial charge in [-0.05, 0) is 36.4 Å². The van der Waals surface area contributed by atoms with Gasteiger partial charge in [0.25, 0.3) is 0 Å². The van der Waals surface area contributed by atoms with Crippen LogP contribution in [0.25, 0.3) is 0 Å². The lowest BCUT2D eigenvalue weighted by atomic mass is 10.2. The van der Waals surface area contributed by atoms with Gasteiger partial charge in [-0.15, -0.1) is 0 Å². The number of rotatable bonds is 5. The van der Waals surface area contributed by atoms with Crippen LogP contribution < -0.4 is 15.1 Å². The summed E-state index contributed by atoms with van der Waals surface area (Å²) in [6.45, 7) is 3.78. The highest BCUT2D eigenvalue weighted by atomic mass is 35.5. The normalized spacial score (nSPS) is 18.2. The second-order valence-electron chi connectivity index (χ2n) is 7.68. The Morgan fingerprint density at radius 1 is 1.06 bits per heavy atom. The number of nitrogens with zero attached hydrogens (tertiary/aromatic N) is 6. The molecule has 8 nitrogen and oxygen atoms in total. The molecular formula is C23H22ClN7OS. The molecule has 2 aliphatic heterocycles. The summed E-state index contributed by atoms with van der Waals surface area (Å²) < 4.78 is 0. The van der Waals surface area contributed by atoms with Crippen LogP contribution in [0.1, 0.15) is 5.56 Å². The fourth-order valence-electron chi connectivity index (χ4n) is 3.80. The molecule has 1 N–H and O–H groups in total. The number of aliphatic imine (C=N–C) groups is 1. The van der Waals surface area contributed by atoms with Gasteiger partial charge in [0.05, 0.1) is 6.54 Å². The van der Waals surface area contributed by atoms with Crippen molar-refractivity contribution in [3.05, 3.63) is 71.6 Å². The monoisotopic (exact) mass is 479 g/mol. The highest BCUT2D eigenvalue weighted by Gasteiger charge is 2.28. The Morgan fingerprint density at radius 2 is 1.91 bits per heavy atom. The average Bonchev–Trinajstić information content (AvgIpc) is 3.36. The third kappa shape index (κ3) is 5.09. The summed E-state index contributed by atoms with van der Waals surface area (Å²) in [5, 5.41) is 4.11. The van der Waals surface area contributed by atoms with E-state index >= 15 is 0 Å². The molecule has 5 rings (SSSR count). The first-order chi connectivity index (χ1) is 16.2. The molecule has 2 aliphatic rings. The number of thioether (sulfide) groups is 1. The Morgan fingerprint density at radius 3 is 2.70 bits per heavy atom. The van der Waals surface area contributed by atoms with E-state index < -0.39 is 0 Å². The van der Waals surface area contributed by atoms with E-state index in [1.807, 2.05) is 36.4 Å². The lowest BCUT2D eigenvalue weighted by Crippen LogP contribution is -2.46. The van der Waals surface area contributed by atoms with Crippen molar-refractivity contribution in [2.24, 2.45) is 4.99 Å². The van der Waals surface area contributed by atoms with Crippen molar-refractivity contribution in [3.8, 4) is 0 Å². The van der Waals surface area contributed by atoms with Gasteiger partial charge in [0.1, 0.15) is 16.1 Å². The van der Waals surface area contributed by atoms with Crippen molar-refractivity contribution in [2.75, 3.05) is 47.8 Å². The van der Waals surface area contributed by atoms with Crippen molar-refractivity contribution in [2.45, 2.75) is 5.25 Å². The van der Waals surface area contributed by atoms with Crippen molar-refractivity contribution >= 4 is 51.8 Å². The number of pyridine rings is 1. The van der Waals surface area contributed by atoms with Crippen LogP contribution in [0.15, 0.2) is 66.0 Å². The third-order valence-corrected chi connectivity index (χ3v) is 6.98. The minimum atomic E-state index is -0.311. The summed E-state index contributed by atoms with van der Waals surface area (Å²) in [7, 11) is 0. The van der Waals surface area contributed by atoms with Crippen LogP contribution in [-0.4, -0.2) is 63.9 Å². The van der Waals surface area contributed by atoms with Crippen molar-refractivity contribution in [1.82, 2.24) is 15.0 Å². The molecule has 0 bridgehead atoms. The molecule has 1 aromatic carbocycles. The van der Waals surface area contributed by atoms with E-state index in [2.05, 4.69) is 41.1 Å². The van der Waals surface area contributed by atoms with E-state index in [-0.39, 0.29) is 11.2 Å². The molecule has 1 unspecified atom stereocenters. The van der Waals surface area contributed by atoms with Crippen molar-refractivity contribution in [1.29, 1.82) is 0 Å². The zero-order valence-electron chi connectivity index (χ0n) is 17.8. The van der Waals surface area contributed by atoms with Gasteiger partial charge in [-0.25, -0.2) is 4.98 Å². The molecule has 2 aromatic heterocycles.